The molecule has 2 aliphatic rings. The lowest BCUT2D eigenvalue weighted by molar-refractivity contribution is -0.110. The Morgan fingerprint density at radius 3 is 2.67 bits per heavy atom. The maximum Gasteiger partial charge on any atom is 0.258 e. The topological polar surface area (TPSA) is 57.3 Å². The number of ether oxygens (including phenoxy) is 1. The van der Waals surface area contributed by atoms with Gasteiger partial charge in [-0.2, -0.15) is 5.06 Å². The van der Waals surface area contributed by atoms with Gasteiger partial charge < -0.3 is 14.5 Å². The molecular weight excluding hydrogens is 476 g/mol. The smallest absolute Gasteiger partial charge is 0.258 e. The van der Waals surface area contributed by atoms with E-state index in [2.05, 4.69) is 34.5 Å². The summed E-state index contributed by atoms with van der Waals surface area (Å²) in [5.74, 6) is 0.580. The molecule has 1 atom stereocenters. The third-order valence-electron chi connectivity index (χ3n) is 6.67. The van der Waals surface area contributed by atoms with E-state index in [1.165, 1.54) is 0 Å². The van der Waals surface area contributed by atoms with Crippen molar-refractivity contribution < 1.29 is 14.4 Å². The molecule has 1 saturated heterocycles. The summed E-state index contributed by atoms with van der Waals surface area (Å²) in [6.07, 6.45) is 0.776. The lowest BCUT2D eigenvalue weighted by atomic mass is 9.97. The van der Waals surface area contributed by atoms with Crippen molar-refractivity contribution in [3.8, 4) is 16.9 Å². The van der Waals surface area contributed by atoms with E-state index < -0.39 is 0 Å². The SMILES string of the molecule is CN(C)CCOc1cc2c(cc1Cl)CCN2C(=O)c1ccccc1-c1ccc(C2NCON2C)cc1. The highest BCUT2D eigenvalue weighted by molar-refractivity contribution is 6.32. The van der Waals surface area contributed by atoms with Gasteiger partial charge >= 0.3 is 0 Å². The number of amides is 1. The monoisotopic (exact) mass is 506 g/mol. The maximum atomic E-state index is 13.8. The molecule has 0 bridgehead atoms. The van der Waals surface area contributed by atoms with Crippen LogP contribution in [0.25, 0.3) is 11.1 Å². The van der Waals surface area contributed by atoms with E-state index in [1.807, 2.05) is 67.5 Å². The van der Waals surface area contributed by atoms with Gasteiger partial charge in [0, 0.05) is 31.8 Å². The highest BCUT2D eigenvalue weighted by atomic mass is 35.5. The largest absolute Gasteiger partial charge is 0.491 e. The Morgan fingerprint density at radius 1 is 1.17 bits per heavy atom. The van der Waals surface area contributed by atoms with Crippen LogP contribution in [0.1, 0.15) is 27.7 Å². The van der Waals surface area contributed by atoms with Gasteiger partial charge in [-0.25, -0.2) is 0 Å². The van der Waals surface area contributed by atoms with E-state index in [9.17, 15) is 4.79 Å². The van der Waals surface area contributed by atoms with E-state index in [0.717, 1.165) is 40.9 Å². The van der Waals surface area contributed by atoms with E-state index in [0.29, 0.717) is 36.2 Å². The molecule has 188 valence electrons. The van der Waals surface area contributed by atoms with Gasteiger partial charge in [-0.15, -0.1) is 0 Å². The minimum Gasteiger partial charge on any atom is -0.491 e. The molecule has 0 aromatic heterocycles. The fourth-order valence-electron chi connectivity index (χ4n) is 4.71. The predicted octanol–water partition coefficient (Wildman–Crippen LogP) is 4.57. The summed E-state index contributed by atoms with van der Waals surface area (Å²) in [4.78, 5) is 23.2. The number of hydroxylamine groups is 2. The number of hydrogen-bond acceptors (Lipinski definition) is 6. The number of carbonyl (C=O) groups is 1. The number of rotatable bonds is 7. The van der Waals surface area contributed by atoms with Crippen molar-refractivity contribution in [2.45, 2.75) is 12.6 Å². The number of benzene rings is 3. The molecule has 0 spiro atoms. The van der Waals surface area contributed by atoms with Crippen LogP contribution in [0, 0.1) is 0 Å². The fraction of sp³-hybridized carbons (Fsp3) is 0.321. The number of fused-ring (bicyclic) bond motifs is 1. The number of likely N-dealkylation sites (N-methyl/N-ethyl adjacent to an activating group) is 1. The van der Waals surface area contributed by atoms with Gasteiger partial charge in [0.05, 0.1) is 10.7 Å². The standard InChI is InChI=1S/C28H31ClN4O3/c1-31(2)14-15-35-26-17-25-21(16-24(26)29)12-13-33(25)28(34)23-7-5-4-6-22(23)19-8-10-20(11-9-19)27-30-18-36-32(27)3/h4-11,16-17,27,30H,12-15,18H2,1-3H3. The van der Waals surface area contributed by atoms with Crippen LogP contribution in [0.5, 0.6) is 5.75 Å². The average molecular weight is 507 g/mol. The fourth-order valence-corrected chi connectivity index (χ4v) is 4.95. The summed E-state index contributed by atoms with van der Waals surface area (Å²) in [5.41, 5.74) is 5.60. The Morgan fingerprint density at radius 2 is 1.94 bits per heavy atom. The summed E-state index contributed by atoms with van der Waals surface area (Å²) < 4.78 is 5.93. The van der Waals surface area contributed by atoms with Crippen molar-refractivity contribution in [1.29, 1.82) is 0 Å². The van der Waals surface area contributed by atoms with Crippen LogP contribution in [0.4, 0.5) is 5.69 Å². The first-order valence-corrected chi connectivity index (χ1v) is 12.5. The summed E-state index contributed by atoms with van der Waals surface area (Å²) in [5, 5.41) is 5.69. The number of hydrogen-bond donors (Lipinski definition) is 1. The summed E-state index contributed by atoms with van der Waals surface area (Å²) in [6.45, 7) is 2.41. The van der Waals surface area contributed by atoms with Gasteiger partial charge in [0.2, 0.25) is 0 Å². The zero-order chi connectivity index (χ0) is 25.2. The molecular formula is C28H31ClN4O3. The molecule has 7 nitrogen and oxygen atoms in total. The summed E-state index contributed by atoms with van der Waals surface area (Å²) >= 11 is 6.48. The summed E-state index contributed by atoms with van der Waals surface area (Å²) in [6, 6.07) is 19.9. The zero-order valence-corrected chi connectivity index (χ0v) is 21.6. The third-order valence-corrected chi connectivity index (χ3v) is 6.97. The Labute approximate surface area is 217 Å². The van der Waals surface area contributed by atoms with Crippen LogP contribution in [0.2, 0.25) is 5.02 Å². The van der Waals surface area contributed by atoms with Gasteiger partial charge in [-0.3, -0.25) is 14.9 Å². The first kappa shape index (κ1) is 24.7. The molecule has 5 rings (SSSR count). The second kappa shape index (κ2) is 10.6. The molecule has 0 aliphatic carbocycles. The molecule has 1 amide bonds. The molecule has 1 N–H and O–H groups in total. The molecule has 1 unspecified atom stereocenters. The number of anilines is 1. The minimum absolute atomic E-state index is 0.0120. The molecule has 8 heteroatoms. The third kappa shape index (κ3) is 4.98. The lowest BCUT2D eigenvalue weighted by Crippen LogP contribution is -2.29. The van der Waals surface area contributed by atoms with Crippen molar-refractivity contribution in [3.63, 3.8) is 0 Å². The Hall–Kier alpha value is -2.94. The number of nitrogens with zero attached hydrogens (tertiary/aromatic N) is 3. The van der Waals surface area contributed by atoms with E-state index in [4.69, 9.17) is 21.2 Å². The van der Waals surface area contributed by atoms with Crippen molar-refractivity contribution in [2.75, 3.05) is 52.5 Å². The Bertz CT molecular complexity index is 1250. The predicted molar refractivity (Wildman–Crippen MR) is 142 cm³/mol. The van der Waals surface area contributed by atoms with Gasteiger partial charge in [-0.05, 0) is 54.9 Å². The first-order valence-electron chi connectivity index (χ1n) is 12.1. The molecule has 3 aromatic carbocycles. The van der Waals surface area contributed by atoms with Gasteiger partial charge in [0.25, 0.3) is 5.91 Å². The van der Waals surface area contributed by atoms with E-state index >= 15 is 0 Å². The second-order valence-corrected chi connectivity index (χ2v) is 9.77. The highest BCUT2D eigenvalue weighted by Gasteiger charge is 2.29. The molecule has 0 saturated carbocycles. The number of halogens is 1. The molecule has 2 heterocycles. The highest BCUT2D eigenvalue weighted by Crippen LogP contribution is 2.38. The molecule has 0 radical (unpaired) electrons. The van der Waals surface area contributed by atoms with Crippen LogP contribution in [-0.2, 0) is 11.3 Å². The molecule has 2 aliphatic heterocycles. The van der Waals surface area contributed by atoms with E-state index in [1.54, 1.807) is 0 Å². The van der Waals surface area contributed by atoms with Crippen molar-refractivity contribution in [2.24, 2.45) is 0 Å². The van der Waals surface area contributed by atoms with Crippen LogP contribution in [0.15, 0.2) is 60.7 Å². The quantitative estimate of drug-likeness (QED) is 0.506. The Balaban J connectivity index is 1.40. The van der Waals surface area contributed by atoms with Crippen molar-refractivity contribution >= 4 is 23.2 Å². The number of carbonyl (C=O) groups excluding carboxylic acids is 1. The average Bonchev–Trinajstić information content (AvgIpc) is 3.49. The van der Waals surface area contributed by atoms with Crippen LogP contribution in [-0.4, -0.2) is 63.4 Å². The first-order chi connectivity index (χ1) is 17.4. The van der Waals surface area contributed by atoms with Gasteiger partial charge in [0.15, 0.2) is 0 Å². The molecule has 1 fully saturated rings. The van der Waals surface area contributed by atoms with Crippen molar-refractivity contribution in [3.05, 3.63) is 82.4 Å². The molecule has 36 heavy (non-hydrogen) atoms. The second-order valence-electron chi connectivity index (χ2n) is 9.36. The van der Waals surface area contributed by atoms with Crippen LogP contribution < -0.4 is 15.0 Å². The zero-order valence-electron chi connectivity index (χ0n) is 20.8. The molecule has 3 aromatic rings. The van der Waals surface area contributed by atoms with Crippen LogP contribution in [0.3, 0.4) is 0 Å². The lowest BCUT2D eigenvalue weighted by Gasteiger charge is -2.21. The van der Waals surface area contributed by atoms with Gasteiger partial charge in [0.1, 0.15) is 25.3 Å². The van der Waals surface area contributed by atoms with Gasteiger partial charge in [-0.1, -0.05) is 54.1 Å². The normalized spacial score (nSPS) is 17.6. The Kier molecular flexibility index (Phi) is 7.27. The van der Waals surface area contributed by atoms with Crippen LogP contribution >= 0.6 is 11.6 Å². The minimum atomic E-state index is -0.0272. The van der Waals surface area contributed by atoms with E-state index in [-0.39, 0.29) is 12.1 Å². The number of nitrogens with one attached hydrogen (secondary N) is 1. The maximum absolute atomic E-state index is 13.8. The summed E-state index contributed by atoms with van der Waals surface area (Å²) in [7, 11) is 5.90. The van der Waals surface area contributed by atoms with Crippen molar-refractivity contribution in [1.82, 2.24) is 15.3 Å².